The van der Waals surface area contributed by atoms with Gasteiger partial charge >= 0.3 is 0 Å². The summed E-state index contributed by atoms with van der Waals surface area (Å²) in [7, 11) is 0. The summed E-state index contributed by atoms with van der Waals surface area (Å²) in [6.45, 7) is 2.78. The first-order valence-corrected chi connectivity index (χ1v) is 7.21. The summed E-state index contributed by atoms with van der Waals surface area (Å²) in [5, 5.41) is 3.48. The van der Waals surface area contributed by atoms with Gasteiger partial charge in [-0.2, -0.15) is 0 Å². The number of nitrogens with one attached hydrogen (secondary N) is 1. The van der Waals surface area contributed by atoms with Gasteiger partial charge < -0.3 is 9.73 Å². The molecular formula is C19H19NO. The number of hydrogen-bond acceptors (Lipinski definition) is 2. The Kier molecular flexibility index (Phi) is 4.06. The first-order chi connectivity index (χ1) is 10.3. The third-order valence-electron chi connectivity index (χ3n) is 3.66. The van der Waals surface area contributed by atoms with E-state index in [1.165, 1.54) is 16.7 Å². The molecule has 1 N–H and O–H groups in total. The first kappa shape index (κ1) is 13.5. The van der Waals surface area contributed by atoms with Crippen LogP contribution >= 0.6 is 0 Å². The summed E-state index contributed by atoms with van der Waals surface area (Å²) in [5.74, 6) is 0.990. The van der Waals surface area contributed by atoms with Crippen LogP contribution in [0.15, 0.2) is 71.3 Å². The standard InChI is InChI=1S/C19H19NO/c1-15-11-12-21-19(15)14-20-18-10-6-5-9-17(18)13-16-7-3-2-4-8-16/h2-12,20H,13-14H2,1H3. The summed E-state index contributed by atoms with van der Waals surface area (Å²) >= 11 is 0. The molecule has 0 spiro atoms. The molecule has 0 aliphatic heterocycles. The molecule has 3 rings (SSSR count). The van der Waals surface area contributed by atoms with Gasteiger partial charge in [-0.3, -0.25) is 0 Å². The van der Waals surface area contributed by atoms with Crippen molar-refractivity contribution >= 4 is 5.69 Å². The Morgan fingerprint density at radius 2 is 1.67 bits per heavy atom. The molecule has 0 fully saturated rings. The Morgan fingerprint density at radius 1 is 0.905 bits per heavy atom. The zero-order chi connectivity index (χ0) is 14.5. The number of benzene rings is 2. The minimum Gasteiger partial charge on any atom is -0.467 e. The highest BCUT2D eigenvalue weighted by atomic mass is 16.3. The van der Waals surface area contributed by atoms with Crippen LogP contribution in [0.3, 0.4) is 0 Å². The predicted molar refractivity (Wildman–Crippen MR) is 86.5 cm³/mol. The zero-order valence-corrected chi connectivity index (χ0v) is 12.2. The molecule has 0 atom stereocenters. The monoisotopic (exact) mass is 277 g/mol. The van der Waals surface area contributed by atoms with Crippen LogP contribution in [0.5, 0.6) is 0 Å². The van der Waals surface area contributed by atoms with E-state index in [1.807, 2.05) is 12.1 Å². The Labute approximate surface area is 125 Å². The molecule has 0 amide bonds. The highest BCUT2D eigenvalue weighted by Crippen LogP contribution is 2.20. The quantitative estimate of drug-likeness (QED) is 0.725. The molecule has 3 aromatic rings. The average molecular weight is 277 g/mol. The van der Waals surface area contributed by atoms with Gasteiger partial charge in [-0.25, -0.2) is 0 Å². The summed E-state index contributed by atoms with van der Waals surface area (Å²) in [6, 6.07) is 21.0. The van der Waals surface area contributed by atoms with Crippen LogP contribution in [0.4, 0.5) is 5.69 Å². The maximum absolute atomic E-state index is 5.48. The maximum Gasteiger partial charge on any atom is 0.125 e. The second-order valence-electron chi connectivity index (χ2n) is 5.20. The number of hydrogen-bond donors (Lipinski definition) is 1. The molecule has 0 bridgehead atoms. The SMILES string of the molecule is Cc1ccoc1CNc1ccccc1Cc1ccccc1. The zero-order valence-electron chi connectivity index (χ0n) is 12.2. The Balaban J connectivity index is 1.75. The highest BCUT2D eigenvalue weighted by Gasteiger charge is 2.05. The van der Waals surface area contributed by atoms with Crippen molar-refractivity contribution in [2.75, 3.05) is 5.32 Å². The van der Waals surface area contributed by atoms with Crippen molar-refractivity contribution in [3.63, 3.8) is 0 Å². The van der Waals surface area contributed by atoms with Crippen molar-refractivity contribution < 1.29 is 4.42 Å². The van der Waals surface area contributed by atoms with E-state index in [0.717, 1.165) is 17.9 Å². The largest absolute Gasteiger partial charge is 0.467 e. The van der Waals surface area contributed by atoms with Crippen LogP contribution in [-0.2, 0) is 13.0 Å². The molecule has 0 aliphatic carbocycles. The van der Waals surface area contributed by atoms with E-state index in [1.54, 1.807) is 6.26 Å². The summed E-state index contributed by atoms with van der Waals surface area (Å²) in [6.07, 6.45) is 2.67. The van der Waals surface area contributed by atoms with Crippen LogP contribution in [0, 0.1) is 6.92 Å². The minimum atomic E-state index is 0.713. The molecule has 2 heteroatoms. The predicted octanol–water partition coefficient (Wildman–Crippen LogP) is 4.79. The minimum absolute atomic E-state index is 0.713. The molecule has 0 radical (unpaired) electrons. The fraction of sp³-hybridized carbons (Fsp3) is 0.158. The number of para-hydroxylation sites is 1. The first-order valence-electron chi connectivity index (χ1n) is 7.21. The van der Waals surface area contributed by atoms with Crippen LogP contribution < -0.4 is 5.32 Å². The van der Waals surface area contributed by atoms with E-state index in [0.29, 0.717) is 6.54 Å². The molecular weight excluding hydrogens is 258 g/mol. The summed E-state index contributed by atoms with van der Waals surface area (Å²) < 4.78 is 5.48. The number of anilines is 1. The van der Waals surface area contributed by atoms with Crippen molar-refractivity contribution in [1.29, 1.82) is 0 Å². The number of aryl methyl sites for hydroxylation is 1. The van der Waals surface area contributed by atoms with Crippen molar-refractivity contribution in [3.8, 4) is 0 Å². The maximum atomic E-state index is 5.48. The third-order valence-corrected chi connectivity index (χ3v) is 3.66. The van der Waals surface area contributed by atoms with Crippen LogP contribution in [0.1, 0.15) is 22.5 Å². The number of furan rings is 1. The van der Waals surface area contributed by atoms with Gasteiger partial charge in [0.05, 0.1) is 12.8 Å². The fourth-order valence-electron chi connectivity index (χ4n) is 2.42. The van der Waals surface area contributed by atoms with E-state index in [2.05, 4.69) is 60.8 Å². The normalized spacial score (nSPS) is 10.5. The van der Waals surface area contributed by atoms with Crippen molar-refractivity contribution in [2.24, 2.45) is 0 Å². The lowest BCUT2D eigenvalue weighted by molar-refractivity contribution is 0.515. The lowest BCUT2D eigenvalue weighted by Gasteiger charge is -2.11. The molecule has 21 heavy (non-hydrogen) atoms. The van der Waals surface area contributed by atoms with E-state index in [9.17, 15) is 0 Å². The van der Waals surface area contributed by atoms with Gasteiger partial charge in [0.25, 0.3) is 0 Å². The third kappa shape index (κ3) is 3.34. The van der Waals surface area contributed by atoms with Gasteiger partial charge in [-0.15, -0.1) is 0 Å². The fourth-order valence-corrected chi connectivity index (χ4v) is 2.42. The molecule has 1 heterocycles. The molecule has 2 aromatic carbocycles. The molecule has 0 aliphatic rings. The van der Waals surface area contributed by atoms with Crippen molar-refractivity contribution in [2.45, 2.75) is 19.9 Å². The summed E-state index contributed by atoms with van der Waals surface area (Å²) in [5.41, 5.74) is 4.97. The Hall–Kier alpha value is -2.48. The average Bonchev–Trinajstić information content (AvgIpc) is 2.93. The molecule has 2 nitrogen and oxygen atoms in total. The lowest BCUT2D eigenvalue weighted by Crippen LogP contribution is -2.03. The highest BCUT2D eigenvalue weighted by molar-refractivity contribution is 5.53. The second-order valence-corrected chi connectivity index (χ2v) is 5.20. The van der Waals surface area contributed by atoms with E-state index in [4.69, 9.17) is 4.42 Å². The van der Waals surface area contributed by atoms with E-state index >= 15 is 0 Å². The molecule has 106 valence electrons. The van der Waals surface area contributed by atoms with E-state index in [-0.39, 0.29) is 0 Å². The van der Waals surface area contributed by atoms with Gasteiger partial charge in [0.1, 0.15) is 5.76 Å². The van der Waals surface area contributed by atoms with E-state index < -0.39 is 0 Å². The van der Waals surface area contributed by atoms with Gasteiger partial charge in [-0.1, -0.05) is 48.5 Å². The van der Waals surface area contributed by atoms with Crippen molar-refractivity contribution in [3.05, 3.63) is 89.4 Å². The van der Waals surface area contributed by atoms with Crippen molar-refractivity contribution in [1.82, 2.24) is 0 Å². The second kappa shape index (κ2) is 6.31. The van der Waals surface area contributed by atoms with Gasteiger partial charge in [0, 0.05) is 5.69 Å². The smallest absolute Gasteiger partial charge is 0.125 e. The summed E-state index contributed by atoms with van der Waals surface area (Å²) in [4.78, 5) is 0. The lowest BCUT2D eigenvalue weighted by atomic mass is 10.0. The van der Waals surface area contributed by atoms with Crippen LogP contribution in [0.2, 0.25) is 0 Å². The van der Waals surface area contributed by atoms with Gasteiger partial charge in [0.2, 0.25) is 0 Å². The van der Waals surface area contributed by atoms with Gasteiger partial charge in [0.15, 0.2) is 0 Å². The molecule has 0 saturated carbocycles. The number of rotatable bonds is 5. The van der Waals surface area contributed by atoms with Crippen LogP contribution in [0.25, 0.3) is 0 Å². The Bertz CT molecular complexity index is 700. The molecule has 0 unspecified atom stereocenters. The topological polar surface area (TPSA) is 25.2 Å². The molecule has 1 aromatic heterocycles. The van der Waals surface area contributed by atoms with Gasteiger partial charge in [-0.05, 0) is 42.2 Å². The molecule has 0 saturated heterocycles. The Morgan fingerprint density at radius 3 is 2.43 bits per heavy atom. The van der Waals surface area contributed by atoms with Crippen LogP contribution in [-0.4, -0.2) is 0 Å².